The molecule has 98 valence electrons. The summed E-state index contributed by atoms with van der Waals surface area (Å²) in [5.74, 6) is 1.43. The van der Waals surface area contributed by atoms with Crippen LogP contribution in [0.25, 0.3) is 0 Å². The van der Waals surface area contributed by atoms with E-state index in [-0.39, 0.29) is 12.0 Å². The molecule has 0 N–H and O–H groups in total. The summed E-state index contributed by atoms with van der Waals surface area (Å²) in [6, 6.07) is 1.83. The van der Waals surface area contributed by atoms with E-state index in [0.717, 1.165) is 25.1 Å². The first-order valence-corrected chi connectivity index (χ1v) is 6.29. The van der Waals surface area contributed by atoms with Crippen molar-refractivity contribution in [1.29, 1.82) is 0 Å². The van der Waals surface area contributed by atoms with E-state index in [1.165, 1.54) is 0 Å². The van der Waals surface area contributed by atoms with Crippen molar-refractivity contribution in [1.82, 2.24) is 14.9 Å². The maximum Gasteiger partial charge on any atom is 0.219 e. The van der Waals surface area contributed by atoms with Crippen molar-refractivity contribution in [3.8, 4) is 5.88 Å². The first-order chi connectivity index (χ1) is 8.54. The van der Waals surface area contributed by atoms with E-state index >= 15 is 0 Å². The Morgan fingerprint density at radius 2 is 2.22 bits per heavy atom. The molecule has 1 unspecified atom stereocenters. The smallest absolute Gasteiger partial charge is 0.219 e. The lowest BCUT2D eigenvalue weighted by molar-refractivity contribution is -0.131. The summed E-state index contributed by atoms with van der Waals surface area (Å²) >= 11 is 0. The van der Waals surface area contributed by atoms with Crippen molar-refractivity contribution in [2.24, 2.45) is 0 Å². The van der Waals surface area contributed by atoms with Gasteiger partial charge < -0.3 is 9.64 Å². The Morgan fingerprint density at radius 3 is 2.89 bits per heavy atom. The van der Waals surface area contributed by atoms with Crippen molar-refractivity contribution < 1.29 is 9.53 Å². The number of carbonyl (C=O) groups excluding carboxylic acids is 1. The summed E-state index contributed by atoms with van der Waals surface area (Å²) in [6.07, 6.45) is 1.98. The monoisotopic (exact) mass is 249 g/mol. The fraction of sp³-hybridized carbons (Fsp3) is 0.615. The van der Waals surface area contributed by atoms with Gasteiger partial charge in [-0.1, -0.05) is 0 Å². The molecule has 0 aromatic carbocycles. The molecule has 5 heteroatoms. The summed E-state index contributed by atoms with van der Waals surface area (Å²) < 4.78 is 5.85. The molecule has 1 fully saturated rings. The SMILES string of the molecule is CC(=O)N1CCCC(Oc2cc(C)nc(C)n2)C1. The molecule has 0 aliphatic carbocycles. The van der Waals surface area contributed by atoms with Crippen molar-refractivity contribution in [2.75, 3.05) is 13.1 Å². The van der Waals surface area contributed by atoms with Crippen LogP contribution in [0.4, 0.5) is 0 Å². The van der Waals surface area contributed by atoms with Crippen LogP contribution < -0.4 is 4.74 Å². The van der Waals surface area contributed by atoms with Gasteiger partial charge in [0.05, 0.1) is 6.54 Å². The van der Waals surface area contributed by atoms with Crippen LogP contribution in [0, 0.1) is 13.8 Å². The third-order valence-corrected chi connectivity index (χ3v) is 3.05. The topological polar surface area (TPSA) is 55.3 Å². The molecule has 0 saturated carbocycles. The first-order valence-electron chi connectivity index (χ1n) is 6.29. The van der Waals surface area contributed by atoms with Gasteiger partial charge in [0.25, 0.3) is 0 Å². The highest BCUT2D eigenvalue weighted by Gasteiger charge is 2.23. The molecule has 18 heavy (non-hydrogen) atoms. The Bertz CT molecular complexity index is 428. The number of piperidine rings is 1. The largest absolute Gasteiger partial charge is 0.472 e. The number of aryl methyl sites for hydroxylation is 2. The zero-order chi connectivity index (χ0) is 13.1. The molecule has 2 heterocycles. The molecule has 5 nitrogen and oxygen atoms in total. The first kappa shape index (κ1) is 12.8. The van der Waals surface area contributed by atoms with Crippen LogP contribution in [-0.4, -0.2) is 40.0 Å². The zero-order valence-electron chi connectivity index (χ0n) is 11.1. The molecule has 2 rings (SSSR count). The zero-order valence-corrected chi connectivity index (χ0v) is 11.1. The Balaban J connectivity index is 2.02. The van der Waals surface area contributed by atoms with Crippen LogP contribution in [-0.2, 0) is 4.79 Å². The minimum atomic E-state index is 0.0383. The van der Waals surface area contributed by atoms with Gasteiger partial charge >= 0.3 is 0 Å². The highest BCUT2D eigenvalue weighted by molar-refractivity contribution is 5.73. The fourth-order valence-corrected chi connectivity index (χ4v) is 2.23. The summed E-state index contributed by atoms with van der Waals surface area (Å²) in [5.41, 5.74) is 0.900. The summed E-state index contributed by atoms with van der Waals surface area (Å²) in [5, 5.41) is 0. The molecule has 1 saturated heterocycles. The van der Waals surface area contributed by atoms with Crippen molar-refractivity contribution in [2.45, 2.75) is 39.7 Å². The quantitative estimate of drug-likeness (QED) is 0.796. The van der Waals surface area contributed by atoms with E-state index in [9.17, 15) is 4.79 Å². The Morgan fingerprint density at radius 1 is 1.44 bits per heavy atom. The van der Waals surface area contributed by atoms with Crippen LogP contribution in [0.2, 0.25) is 0 Å². The average molecular weight is 249 g/mol. The molecule has 1 atom stereocenters. The van der Waals surface area contributed by atoms with Gasteiger partial charge in [-0.3, -0.25) is 4.79 Å². The predicted octanol–water partition coefficient (Wildman–Crippen LogP) is 1.48. The van der Waals surface area contributed by atoms with E-state index in [1.54, 1.807) is 6.92 Å². The number of likely N-dealkylation sites (tertiary alicyclic amines) is 1. The molecular weight excluding hydrogens is 230 g/mol. The Kier molecular flexibility index (Phi) is 3.79. The molecule has 1 aliphatic heterocycles. The third kappa shape index (κ3) is 3.18. The molecule has 1 aromatic rings. The van der Waals surface area contributed by atoms with Gasteiger partial charge in [0, 0.05) is 25.2 Å². The van der Waals surface area contributed by atoms with E-state index in [1.807, 2.05) is 24.8 Å². The van der Waals surface area contributed by atoms with Crippen molar-refractivity contribution in [3.05, 3.63) is 17.6 Å². The minimum Gasteiger partial charge on any atom is -0.472 e. The van der Waals surface area contributed by atoms with E-state index in [4.69, 9.17) is 4.74 Å². The van der Waals surface area contributed by atoms with Gasteiger partial charge in [-0.05, 0) is 26.7 Å². The van der Waals surface area contributed by atoms with E-state index < -0.39 is 0 Å². The Hall–Kier alpha value is -1.65. The van der Waals surface area contributed by atoms with Gasteiger partial charge in [0.15, 0.2) is 0 Å². The van der Waals surface area contributed by atoms with Gasteiger partial charge in [-0.25, -0.2) is 4.98 Å². The summed E-state index contributed by atoms with van der Waals surface area (Å²) in [4.78, 5) is 21.7. The predicted molar refractivity (Wildman–Crippen MR) is 67.4 cm³/mol. The van der Waals surface area contributed by atoms with Gasteiger partial charge in [0.1, 0.15) is 11.9 Å². The number of ether oxygens (including phenoxy) is 1. The third-order valence-electron chi connectivity index (χ3n) is 3.05. The molecule has 1 aromatic heterocycles. The lowest BCUT2D eigenvalue weighted by Crippen LogP contribution is -2.43. The highest BCUT2D eigenvalue weighted by Crippen LogP contribution is 2.17. The van der Waals surface area contributed by atoms with Crippen LogP contribution in [0.5, 0.6) is 5.88 Å². The average Bonchev–Trinajstić information content (AvgIpc) is 2.27. The van der Waals surface area contributed by atoms with Crippen molar-refractivity contribution in [3.63, 3.8) is 0 Å². The highest BCUT2D eigenvalue weighted by atomic mass is 16.5. The lowest BCUT2D eigenvalue weighted by Gasteiger charge is -2.31. The second kappa shape index (κ2) is 5.33. The normalized spacial score (nSPS) is 19.7. The number of nitrogens with zero attached hydrogens (tertiary/aromatic N) is 3. The molecule has 1 amide bonds. The summed E-state index contributed by atoms with van der Waals surface area (Å²) in [6.45, 7) is 6.85. The number of rotatable bonds is 2. The van der Waals surface area contributed by atoms with Gasteiger partial charge in [-0.2, -0.15) is 4.98 Å². The van der Waals surface area contributed by atoms with Crippen LogP contribution >= 0.6 is 0 Å². The van der Waals surface area contributed by atoms with Crippen molar-refractivity contribution >= 4 is 5.91 Å². The number of hydrogen-bond donors (Lipinski definition) is 0. The lowest BCUT2D eigenvalue weighted by atomic mass is 10.1. The van der Waals surface area contributed by atoms with E-state index in [2.05, 4.69) is 9.97 Å². The number of carbonyl (C=O) groups is 1. The minimum absolute atomic E-state index is 0.0383. The number of aromatic nitrogens is 2. The maximum absolute atomic E-state index is 11.3. The molecule has 0 radical (unpaired) electrons. The molecule has 0 spiro atoms. The number of amides is 1. The molecule has 1 aliphatic rings. The second-order valence-electron chi connectivity index (χ2n) is 4.74. The van der Waals surface area contributed by atoms with Crippen LogP contribution in [0.15, 0.2) is 6.07 Å². The van der Waals surface area contributed by atoms with E-state index in [0.29, 0.717) is 18.2 Å². The second-order valence-corrected chi connectivity index (χ2v) is 4.74. The standard InChI is InChI=1S/C13H19N3O2/c1-9-7-13(15-10(2)14-9)18-12-5-4-6-16(8-12)11(3)17/h7,12H,4-6,8H2,1-3H3. The fourth-order valence-electron chi connectivity index (χ4n) is 2.23. The van der Waals surface area contributed by atoms with Crippen LogP contribution in [0.1, 0.15) is 31.3 Å². The maximum atomic E-state index is 11.3. The van der Waals surface area contributed by atoms with Crippen LogP contribution in [0.3, 0.4) is 0 Å². The number of hydrogen-bond acceptors (Lipinski definition) is 4. The van der Waals surface area contributed by atoms with Gasteiger partial charge in [-0.15, -0.1) is 0 Å². The molecule has 0 bridgehead atoms. The molecular formula is C13H19N3O2. The van der Waals surface area contributed by atoms with Gasteiger partial charge in [0.2, 0.25) is 11.8 Å². The summed E-state index contributed by atoms with van der Waals surface area (Å²) in [7, 11) is 0. The Labute approximate surface area is 107 Å².